The van der Waals surface area contributed by atoms with Crippen molar-refractivity contribution in [1.82, 2.24) is 14.3 Å². The number of ether oxygens (including phenoxy) is 2. The molecule has 0 aromatic carbocycles. The number of nitrogens with zero attached hydrogens (tertiary/aromatic N) is 3. The minimum Gasteiger partial charge on any atom is -0.375 e. The van der Waals surface area contributed by atoms with Gasteiger partial charge in [0.2, 0.25) is 0 Å². The van der Waals surface area contributed by atoms with Gasteiger partial charge in [0.1, 0.15) is 17.1 Å². The molecular formula is C17H22N4O3. The third-order valence-corrected chi connectivity index (χ3v) is 4.95. The number of nitrogens with one attached hydrogen (secondary N) is 1. The maximum atomic E-state index is 12.8. The van der Waals surface area contributed by atoms with Gasteiger partial charge in [-0.05, 0) is 26.0 Å². The number of rotatable bonds is 1. The molecule has 4 heterocycles. The lowest BCUT2D eigenvalue weighted by Crippen LogP contribution is -2.60. The molecule has 2 aromatic rings. The van der Waals surface area contributed by atoms with Gasteiger partial charge in [-0.1, -0.05) is 6.07 Å². The molecule has 2 aliphatic rings. The van der Waals surface area contributed by atoms with Crippen molar-refractivity contribution in [2.75, 3.05) is 25.0 Å². The normalized spacial score (nSPS) is 30.2. The summed E-state index contributed by atoms with van der Waals surface area (Å²) in [7, 11) is 0. The van der Waals surface area contributed by atoms with Crippen LogP contribution in [0.25, 0.3) is 5.65 Å². The Bertz CT molecular complexity index is 761. The van der Waals surface area contributed by atoms with Crippen molar-refractivity contribution in [3.05, 3.63) is 30.6 Å². The van der Waals surface area contributed by atoms with Crippen molar-refractivity contribution >= 4 is 17.5 Å². The average molecular weight is 330 g/mol. The lowest BCUT2D eigenvalue weighted by molar-refractivity contribution is -0.159. The van der Waals surface area contributed by atoms with Gasteiger partial charge in [0.15, 0.2) is 0 Å². The van der Waals surface area contributed by atoms with E-state index in [0.29, 0.717) is 25.5 Å². The highest BCUT2D eigenvalue weighted by Crippen LogP contribution is 2.35. The summed E-state index contributed by atoms with van der Waals surface area (Å²) in [6.45, 7) is 5.81. The molecule has 24 heavy (non-hydrogen) atoms. The van der Waals surface area contributed by atoms with E-state index in [0.717, 1.165) is 12.1 Å². The number of carbonyl (C=O) groups excluding carboxylic acids is 1. The number of pyridine rings is 1. The molecule has 128 valence electrons. The number of fused-ring (bicyclic) bond motifs is 1. The zero-order valence-corrected chi connectivity index (χ0v) is 13.9. The summed E-state index contributed by atoms with van der Waals surface area (Å²) >= 11 is 0. The highest BCUT2D eigenvalue weighted by Gasteiger charge is 2.48. The molecule has 0 radical (unpaired) electrons. The number of aromatic nitrogens is 2. The summed E-state index contributed by atoms with van der Waals surface area (Å²) in [6, 6.07) is 5.60. The Morgan fingerprint density at radius 1 is 1.42 bits per heavy atom. The first-order valence-electron chi connectivity index (χ1n) is 8.35. The lowest BCUT2D eigenvalue weighted by Gasteiger charge is -2.44. The van der Waals surface area contributed by atoms with E-state index in [1.165, 1.54) is 0 Å². The van der Waals surface area contributed by atoms with Crippen LogP contribution in [0.4, 0.5) is 10.6 Å². The fraction of sp³-hybridized carbons (Fsp3) is 0.529. The molecular weight excluding hydrogens is 308 g/mol. The molecule has 3 atom stereocenters. The summed E-state index contributed by atoms with van der Waals surface area (Å²) in [5, 5.41) is 2.97. The number of amides is 2. The van der Waals surface area contributed by atoms with E-state index in [-0.39, 0.29) is 18.2 Å². The smallest absolute Gasteiger partial charge is 0.323 e. The van der Waals surface area contributed by atoms with Gasteiger partial charge in [-0.2, -0.15) is 0 Å². The van der Waals surface area contributed by atoms with Gasteiger partial charge >= 0.3 is 6.03 Å². The third-order valence-electron chi connectivity index (χ3n) is 4.95. The topological polar surface area (TPSA) is 68.1 Å². The number of carbonyl (C=O) groups is 1. The first-order valence-corrected chi connectivity index (χ1v) is 8.35. The second-order valence-corrected chi connectivity index (χ2v) is 6.64. The van der Waals surface area contributed by atoms with Crippen LogP contribution < -0.4 is 5.32 Å². The van der Waals surface area contributed by atoms with Gasteiger partial charge in [0, 0.05) is 25.8 Å². The minimum absolute atomic E-state index is 0.00801. The summed E-state index contributed by atoms with van der Waals surface area (Å²) in [5.74, 6) is 0.666. The van der Waals surface area contributed by atoms with Crippen LogP contribution in [0.1, 0.15) is 20.3 Å². The Kier molecular flexibility index (Phi) is 3.69. The fourth-order valence-electron chi connectivity index (χ4n) is 3.67. The van der Waals surface area contributed by atoms with Crippen molar-refractivity contribution in [1.29, 1.82) is 0 Å². The maximum absolute atomic E-state index is 12.8. The van der Waals surface area contributed by atoms with Crippen molar-refractivity contribution in [3.63, 3.8) is 0 Å². The van der Waals surface area contributed by atoms with Gasteiger partial charge in [0.05, 0.1) is 24.9 Å². The van der Waals surface area contributed by atoms with E-state index in [1.54, 1.807) is 6.20 Å². The molecule has 0 saturated carbocycles. The van der Waals surface area contributed by atoms with E-state index >= 15 is 0 Å². The maximum Gasteiger partial charge on any atom is 0.323 e. The highest BCUT2D eigenvalue weighted by molar-refractivity contribution is 5.89. The van der Waals surface area contributed by atoms with Crippen LogP contribution in [0.2, 0.25) is 0 Å². The molecule has 0 aliphatic carbocycles. The Balaban J connectivity index is 1.53. The highest BCUT2D eigenvalue weighted by atomic mass is 16.6. The number of anilines is 1. The second-order valence-electron chi connectivity index (χ2n) is 6.64. The molecule has 7 nitrogen and oxygen atoms in total. The Morgan fingerprint density at radius 2 is 2.29 bits per heavy atom. The first-order chi connectivity index (χ1) is 11.6. The van der Waals surface area contributed by atoms with E-state index < -0.39 is 5.60 Å². The summed E-state index contributed by atoms with van der Waals surface area (Å²) in [5.41, 5.74) is 0.409. The van der Waals surface area contributed by atoms with Crippen LogP contribution in [0.5, 0.6) is 0 Å². The fourth-order valence-corrected chi connectivity index (χ4v) is 3.67. The summed E-state index contributed by atoms with van der Waals surface area (Å²) < 4.78 is 13.7. The van der Waals surface area contributed by atoms with Crippen molar-refractivity contribution in [2.24, 2.45) is 0 Å². The Labute approximate surface area is 140 Å². The monoisotopic (exact) mass is 330 g/mol. The Morgan fingerprint density at radius 3 is 3.08 bits per heavy atom. The molecule has 2 amide bonds. The molecule has 2 saturated heterocycles. The molecule has 3 unspecified atom stereocenters. The first kappa shape index (κ1) is 15.4. The number of morpholine rings is 1. The standard InChI is InChI=1S/C17H22N4O3/c1-12-10-20(11-17(24-12)6-8-23-13(17)2)16(22)19-15-9-18-14-5-3-4-7-21(14)15/h3-5,7,9,12-13H,6,8,10-11H2,1-2H3,(H,19,22). The lowest BCUT2D eigenvalue weighted by atomic mass is 9.93. The number of hydrogen-bond acceptors (Lipinski definition) is 4. The predicted octanol–water partition coefficient (Wildman–Crippen LogP) is 2.13. The quantitative estimate of drug-likeness (QED) is 0.870. The van der Waals surface area contributed by atoms with Crippen LogP contribution in [-0.4, -0.2) is 57.8 Å². The summed E-state index contributed by atoms with van der Waals surface area (Å²) in [6.07, 6.45) is 4.35. The second kappa shape index (κ2) is 5.75. The van der Waals surface area contributed by atoms with Gasteiger partial charge < -0.3 is 14.4 Å². The number of hydrogen-bond donors (Lipinski definition) is 1. The number of imidazole rings is 1. The number of urea groups is 1. The molecule has 2 aromatic heterocycles. The molecule has 1 N–H and O–H groups in total. The van der Waals surface area contributed by atoms with Gasteiger partial charge in [-0.25, -0.2) is 9.78 Å². The van der Waals surface area contributed by atoms with Gasteiger partial charge in [0.25, 0.3) is 0 Å². The SMILES string of the molecule is CC1CN(C(=O)Nc2cnc3ccccn23)CC2(CCOC2C)O1. The molecule has 0 bridgehead atoms. The van der Waals surface area contributed by atoms with Crippen LogP contribution >= 0.6 is 0 Å². The van der Waals surface area contributed by atoms with Crippen LogP contribution in [0.3, 0.4) is 0 Å². The summed E-state index contributed by atoms with van der Waals surface area (Å²) in [4.78, 5) is 18.9. The molecule has 7 heteroatoms. The average Bonchev–Trinajstić information content (AvgIpc) is 3.12. The van der Waals surface area contributed by atoms with Crippen molar-refractivity contribution in [3.8, 4) is 0 Å². The van der Waals surface area contributed by atoms with Crippen LogP contribution in [-0.2, 0) is 9.47 Å². The molecule has 4 rings (SSSR count). The molecule has 1 spiro atoms. The minimum atomic E-state index is -0.394. The Hall–Kier alpha value is -2.12. The predicted molar refractivity (Wildman–Crippen MR) is 89.1 cm³/mol. The van der Waals surface area contributed by atoms with E-state index in [4.69, 9.17) is 9.47 Å². The van der Waals surface area contributed by atoms with E-state index in [9.17, 15) is 4.79 Å². The zero-order valence-electron chi connectivity index (χ0n) is 13.9. The van der Waals surface area contributed by atoms with E-state index in [1.807, 2.05) is 47.5 Å². The van der Waals surface area contributed by atoms with Gasteiger partial charge in [-0.3, -0.25) is 9.72 Å². The molecule has 2 aliphatic heterocycles. The third kappa shape index (κ3) is 2.53. The zero-order chi connectivity index (χ0) is 16.7. The molecule has 2 fully saturated rings. The largest absolute Gasteiger partial charge is 0.375 e. The van der Waals surface area contributed by atoms with Crippen molar-refractivity contribution in [2.45, 2.75) is 38.1 Å². The van der Waals surface area contributed by atoms with Crippen LogP contribution in [0.15, 0.2) is 30.6 Å². The van der Waals surface area contributed by atoms with Crippen LogP contribution in [0, 0.1) is 0 Å². The van der Waals surface area contributed by atoms with Gasteiger partial charge in [-0.15, -0.1) is 0 Å². The van der Waals surface area contributed by atoms with E-state index in [2.05, 4.69) is 10.3 Å². The van der Waals surface area contributed by atoms with Crippen molar-refractivity contribution < 1.29 is 14.3 Å².